The Hall–Kier alpha value is -3.44. The molecule has 1 amide bonds. The molecule has 7 nitrogen and oxygen atoms in total. The van der Waals surface area contributed by atoms with Crippen LogP contribution in [0.15, 0.2) is 78.0 Å². The van der Waals surface area contributed by atoms with Gasteiger partial charge in [-0.25, -0.2) is 8.42 Å². The van der Waals surface area contributed by atoms with Crippen LogP contribution >= 0.6 is 0 Å². The number of hydrogen-bond acceptors (Lipinski definition) is 5. The van der Waals surface area contributed by atoms with Gasteiger partial charge in [-0.3, -0.25) is 9.78 Å². The van der Waals surface area contributed by atoms with Crippen molar-refractivity contribution >= 4 is 21.6 Å². The summed E-state index contributed by atoms with van der Waals surface area (Å²) in [5, 5.41) is 2.53. The summed E-state index contributed by atoms with van der Waals surface area (Å²) in [6.07, 6.45) is -1.73. The quantitative estimate of drug-likeness (QED) is 0.554. The number of rotatable bonds is 7. The molecule has 168 valence electrons. The van der Waals surface area contributed by atoms with Crippen molar-refractivity contribution in [3.8, 4) is 5.75 Å². The monoisotopic (exact) mass is 465 g/mol. The van der Waals surface area contributed by atoms with Crippen LogP contribution in [0.4, 0.5) is 18.9 Å². The second-order valence-corrected chi connectivity index (χ2v) is 8.29. The number of ether oxygens (including phenoxy) is 1. The fourth-order valence-electron chi connectivity index (χ4n) is 2.77. The smallest absolute Gasteiger partial charge is 0.416 e. The predicted molar refractivity (Wildman–Crippen MR) is 110 cm³/mol. The van der Waals surface area contributed by atoms with E-state index in [9.17, 15) is 26.4 Å². The van der Waals surface area contributed by atoms with Gasteiger partial charge in [0.1, 0.15) is 11.8 Å². The number of amides is 1. The van der Waals surface area contributed by atoms with E-state index in [0.29, 0.717) is 11.4 Å². The number of pyridine rings is 1. The molecule has 0 aliphatic rings. The normalized spacial score (nSPS) is 12.8. The number of nitrogens with one attached hydrogen (secondary N) is 2. The molecule has 0 saturated carbocycles. The highest BCUT2D eigenvalue weighted by molar-refractivity contribution is 7.89. The minimum absolute atomic E-state index is 0.0293. The van der Waals surface area contributed by atoms with Gasteiger partial charge in [0.2, 0.25) is 15.9 Å². The van der Waals surface area contributed by atoms with E-state index in [1.165, 1.54) is 55.9 Å². The summed E-state index contributed by atoms with van der Waals surface area (Å²) in [7, 11) is -2.79. The van der Waals surface area contributed by atoms with Crippen LogP contribution in [0.25, 0.3) is 0 Å². The van der Waals surface area contributed by atoms with Gasteiger partial charge in [0.05, 0.1) is 17.6 Å². The first-order valence-corrected chi connectivity index (χ1v) is 10.6. The minimum atomic E-state index is -4.57. The maximum Gasteiger partial charge on any atom is 0.416 e. The number of benzene rings is 2. The van der Waals surface area contributed by atoms with E-state index in [4.69, 9.17) is 4.74 Å². The zero-order chi connectivity index (χ0) is 23.4. The number of carbonyl (C=O) groups is 1. The van der Waals surface area contributed by atoms with Crippen LogP contribution in [0.3, 0.4) is 0 Å². The molecule has 1 aromatic heterocycles. The van der Waals surface area contributed by atoms with Crippen LogP contribution in [-0.2, 0) is 21.0 Å². The van der Waals surface area contributed by atoms with E-state index >= 15 is 0 Å². The fraction of sp³-hybridized carbons (Fsp3) is 0.143. The average molecular weight is 465 g/mol. The highest BCUT2D eigenvalue weighted by Crippen LogP contribution is 2.30. The van der Waals surface area contributed by atoms with Crippen LogP contribution in [0.2, 0.25) is 0 Å². The van der Waals surface area contributed by atoms with Gasteiger partial charge in [-0.15, -0.1) is 0 Å². The number of carbonyl (C=O) groups excluding carboxylic acids is 1. The van der Waals surface area contributed by atoms with Crippen LogP contribution in [0.1, 0.15) is 17.2 Å². The van der Waals surface area contributed by atoms with Crippen molar-refractivity contribution in [2.45, 2.75) is 17.1 Å². The van der Waals surface area contributed by atoms with Crippen molar-refractivity contribution in [1.82, 2.24) is 9.71 Å². The molecule has 32 heavy (non-hydrogen) atoms. The Morgan fingerprint density at radius 3 is 2.09 bits per heavy atom. The molecular formula is C21H18F3N3O4S. The number of aromatic nitrogens is 1. The Kier molecular flexibility index (Phi) is 6.80. The molecule has 1 unspecified atom stereocenters. The van der Waals surface area contributed by atoms with Crippen LogP contribution in [-0.4, -0.2) is 26.4 Å². The summed E-state index contributed by atoms with van der Waals surface area (Å²) in [6, 6.07) is 10.6. The van der Waals surface area contributed by atoms with Crippen molar-refractivity contribution < 1.29 is 31.1 Å². The first-order chi connectivity index (χ1) is 15.1. The third-order valence-electron chi connectivity index (χ3n) is 4.42. The summed E-state index contributed by atoms with van der Waals surface area (Å²) >= 11 is 0. The molecule has 2 N–H and O–H groups in total. The third kappa shape index (κ3) is 5.62. The summed E-state index contributed by atoms with van der Waals surface area (Å²) in [6.45, 7) is 0. The summed E-state index contributed by atoms with van der Waals surface area (Å²) < 4.78 is 71.8. The maximum absolute atomic E-state index is 12.9. The lowest BCUT2D eigenvalue weighted by Gasteiger charge is -2.20. The number of anilines is 1. The average Bonchev–Trinajstić information content (AvgIpc) is 2.77. The number of methoxy groups -OCH3 is 1. The molecule has 1 atom stereocenters. The molecule has 3 aromatic rings. The Morgan fingerprint density at radius 2 is 1.56 bits per heavy atom. The molecule has 0 aliphatic heterocycles. The highest BCUT2D eigenvalue weighted by atomic mass is 32.2. The number of hydrogen-bond donors (Lipinski definition) is 2. The first kappa shape index (κ1) is 23.2. The van der Waals surface area contributed by atoms with Crippen LogP contribution < -0.4 is 14.8 Å². The molecular weight excluding hydrogens is 447 g/mol. The fourth-order valence-corrected chi connectivity index (χ4v) is 3.95. The molecule has 2 aromatic carbocycles. The summed E-state index contributed by atoms with van der Waals surface area (Å²) in [4.78, 5) is 16.6. The van der Waals surface area contributed by atoms with Crippen molar-refractivity contribution in [2.24, 2.45) is 0 Å². The van der Waals surface area contributed by atoms with E-state index in [-0.39, 0.29) is 10.5 Å². The number of alkyl halides is 3. The number of halogens is 3. The largest absolute Gasteiger partial charge is 0.497 e. The molecule has 0 fully saturated rings. The topological polar surface area (TPSA) is 97.4 Å². The van der Waals surface area contributed by atoms with Gasteiger partial charge in [-0.1, -0.05) is 12.1 Å². The zero-order valence-electron chi connectivity index (χ0n) is 16.6. The third-order valence-corrected chi connectivity index (χ3v) is 5.86. The van der Waals surface area contributed by atoms with Gasteiger partial charge in [0, 0.05) is 18.1 Å². The number of sulfonamides is 1. The van der Waals surface area contributed by atoms with Crippen LogP contribution in [0.5, 0.6) is 5.75 Å². The van der Waals surface area contributed by atoms with Crippen molar-refractivity contribution in [1.29, 1.82) is 0 Å². The Bertz CT molecular complexity index is 1170. The first-order valence-electron chi connectivity index (χ1n) is 9.14. The summed E-state index contributed by atoms with van der Waals surface area (Å²) in [5.74, 6) is -0.355. The predicted octanol–water partition coefficient (Wildman–Crippen LogP) is 3.77. The Balaban J connectivity index is 1.94. The molecule has 0 radical (unpaired) electrons. The van der Waals surface area contributed by atoms with Gasteiger partial charge in [0.25, 0.3) is 0 Å². The zero-order valence-corrected chi connectivity index (χ0v) is 17.4. The lowest BCUT2D eigenvalue weighted by atomic mass is 10.0. The Labute approximate surface area is 182 Å². The SMILES string of the molecule is COc1ccc(S(=O)(=O)NC(C(=O)Nc2ccncc2)c2ccc(C(F)(F)F)cc2)cc1. The number of nitrogens with zero attached hydrogens (tertiary/aromatic N) is 1. The molecule has 0 bridgehead atoms. The molecule has 1 heterocycles. The highest BCUT2D eigenvalue weighted by Gasteiger charge is 2.32. The standard InChI is InChI=1S/C21H18F3N3O4S/c1-31-17-6-8-18(9-7-17)32(29,30)27-19(20(28)26-16-10-12-25-13-11-16)14-2-4-15(5-3-14)21(22,23)24/h2-13,19,27H,1H3,(H,25,26,28). The van der Waals surface area contributed by atoms with Gasteiger partial charge in [0.15, 0.2) is 0 Å². The lowest BCUT2D eigenvalue weighted by molar-refractivity contribution is -0.137. The molecule has 3 rings (SSSR count). The minimum Gasteiger partial charge on any atom is -0.497 e. The lowest BCUT2D eigenvalue weighted by Crippen LogP contribution is -2.37. The summed E-state index contributed by atoms with van der Waals surface area (Å²) in [5.41, 5.74) is -0.556. The van der Waals surface area contributed by atoms with Gasteiger partial charge < -0.3 is 10.1 Å². The molecule has 0 spiro atoms. The molecule has 0 aliphatic carbocycles. The van der Waals surface area contributed by atoms with Gasteiger partial charge in [-0.2, -0.15) is 17.9 Å². The van der Waals surface area contributed by atoms with Crippen molar-refractivity contribution in [2.75, 3.05) is 12.4 Å². The van der Waals surface area contributed by atoms with E-state index in [1.807, 2.05) is 0 Å². The van der Waals surface area contributed by atoms with E-state index in [2.05, 4.69) is 15.0 Å². The van der Waals surface area contributed by atoms with E-state index in [1.54, 1.807) is 0 Å². The Morgan fingerprint density at radius 1 is 0.969 bits per heavy atom. The van der Waals surface area contributed by atoms with Gasteiger partial charge in [-0.05, 0) is 54.1 Å². The van der Waals surface area contributed by atoms with Crippen molar-refractivity contribution in [3.05, 3.63) is 84.2 Å². The van der Waals surface area contributed by atoms with E-state index < -0.39 is 33.7 Å². The second-order valence-electron chi connectivity index (χ2n) is 6.57. The maximum atomic E-state index is 12.9. The molecule has 11 heteroatoms. The van der Waals surface area contributed by atoms with Gasteiger partial charge >= 0.3 is 6.18 Å². The van der Waals surface area contributed by atoms with Crippen molar-refractivity contribution in [3.63, 3.8) is 0 Å². The van der Waals surface area contributed by atoms with Crippen LogP contribution in [0, 0.1) is 0 Å². The van der Waals surface area contributed by atoms with E-state index in [0.717, 1.165) is 24.3 Å². The second kappa shape index (κ2) is 9.37. The molecule has 0 saturated heterocycles.